The lowest BCUT2D eigenvalue weighted by Crippen LogP contribution is -2.42. The molecule has 6 heteroatoms. The number of ketones is 1. The number of aromatic nitrogens is 1. The van der Waals surface area contributed by atoms with Crippen molar-refractivity contribution >= 4 is 15.8 Å². The molecule has 0 amide bonds. The molecule has 88 valence electrons. The summed E-state index contributed by atoms with van der Waals surface area (Å²) in [6.45, 7) is 3.50. The molecule has 0 saturated carbocycles. The van der Waals surface area contributed by atoms with Crippen LogP contribution in [0.5, 0.6) is 0 Å². The first-order chi connectivity index (χ1) is 7.34. The average molecular weight is 242 g/mol. The van der Waals surface area contributed by atoms with E-state index >= 15 is 0 Å². The van der Waals surface area contributed by atoms with Gasteiger partial charge in [0.25, 0.3) is 0 Å². The number of nitrogens with zero attached hydrogens (tertiary/aromatic N) is 1. The second-order valence-electron chi connectivity index (χ2n) is 4.59. The van der Waals surface area contributed by atoms with E-state index in [2.05, 4.69) is 4.98 Å². The Labute approximate surface area is 94.5 Å². The molecule has 0 radical (unpaired) electrons. The molecule has 1 N–H and O–H groups in total. The molecule has 0 aliphatic carbocycles. The van der Waals surface area contributed by atoms with E-state index in [1.54, 1.807) is 20.0 Å². The highest BCUT2D eigenvalue weighted by molar-refractivity contribution is 7.89. The summed E-state index contributed by atoms with van der Waals surface area (Å²) in [5.41, 5.74) is -0.632. The van der Waals surface area contributed by atoms with Crippen LogP contribution >= 0.6 is 0 Å². The second kappa shape index (κ2) is 3.43. The van der Waals surface area contributed by atoms with E-state index in [1.807, 2.05) is 0 Å². The molecular formula is C10H14N2O3S. The Kier molecular flexibility index (Phi) is 2.43. The number of aromatic amines is 1. The van der Waals surface area contributed by atoms with Crippen LogP contribution in [0.4, 0.5) is 0 Å². The predicted molar refractivity (Wildman–Crippen MR) is 58.4 cm³/mol. The smallest absolute Gasteiger partial charge is 0.245 e. The van der Waals surface area contributed by atoms with Crippen LogP contribution in [0.2, 0.25) is 0 Å². The Bertz CT molecular complexity index is 502. The monoisotopic (exact) mass is 242 g/mol. The number of sulfonamides is 1. The zero-order chi connectivity index (χ0) is 12.0. The first-order valence-corrected chi connectivity index (χ1v) is 6.45. The minimum Gasteiger partial charge on any atom is -0.366 e. The molecule has 2 heterocycles. The Balaban J connectivity index is 2.43. The summed E-state index contributed by atoms with van der Waals surface area (Å²) >= 11 is 0. The van der Waals surface area contributed by atoms with Gasteiger partial charge in [0.1, 0.15) is 5.78 Å². The summed E-state index contributed by atoms with van der Waals surface area (Å²) in [5, 5.41) is 0. The van der Waals surface area contributed by atoms with Crippen LogP contribution < -0.4 is 0 Å². The van der Waals surface area contributed by atoms with Gasteiger partial charge in [-0.15, -0.1) is 0 Å². The van der Waals surface area contributed by atoms with Gasteiger partial charge in [-0.2, -0.15) is 4.31 Å². The first kappa shape index (κ1) is 11.3. The highest BCUT2D eigenvalue weighted by atomic mass is 32.2. The van der Waals surface area contributed by atoms with Gasteiger partial charge in [-0.25, -0.2) is 8.42 Å². The zero-order valence-corrected chi connectivity index (χ0v) is 10.0. The van der Waals surface area contributed by atoms with Crippen LogP contribution in [0, 0.1) is 0 Å². The largest absolute Gasteiger partial charge is 0.366 e. The van der Waals surface area contributed by atoms with E-state index in [-0.39, 0.29) is 23.6 Å². The van der Waals surface area contributed by atoms with E-state index in [0.717, 1.165) is 0 Å². The van der Waals surface area contributed by atoms with Crippen LogP contribution in [0.3, 0.4) is 0 Å². The van der Waals surface area contributed by atoms with Crippen LogP contribution in [0.1, 0.15) is 20.3 Å². The van der Waals surface area contributed by atoms with Crippen molar-refractivity contribution in [3.05, 3.63) is 18.5 Å². The van der Waals surface area contributed by atoms with Gasteiger partial charge < -0.3 is 4.98 Å². The lowest BCUT2D eigenvalue weighted by atomic mass is 10.0. The number of nitrogens with one attached hydrogen (secondary N) is 1. The van der Waals surface area contributed by atoms with Gasteiger partial charge in [-0.05, 0) is 19.9 Å². The molecule has 0 unspecified atom stereocenters. The fourth-order valence-electron chi connectivity index (χ4n) is 2.01. The molecule has 2 rings (SSSR count). The second-order valence-corrected chi connectivity index (χ2v) is 6.45. The lowest BCUT2D eigenvalue weighted by molar-refractivity contribution is -0.116. The minimum absolute atomic E-state index is 0.0273. The standard InChI is InChI=1S/C10H14N2O3S/c1-10(2)5-8(13)7-12(10)16(14,15)9-3-4-11-6-9/h3-4,6,11H,5,7H2,1-2H3. The third kappa shape index (κ3) is 1.68. The molecular weight excluding hydrogens is 228 g/mol. The quantitative estimate of drug-likeness (QED) is 0.832. The van der Waals surface area contributed by atoms with Crippen molar-refractivity contribution in [2.24, 2.45) is 0 Å². The molecule has 0 spiro atoms. The third-order valence-electron chi connectivity index (χ3n) is 2.78. The van der Waals surface area contributed by atoms with E-state index < -0.39 is 15.6 Å². The number of hydrogen-bond donors (Lipinski definition) is 1. The van der Waals surface area contributed by atoms with E-state index in [9.17, 15) is 13.2 Å². The van der Waals surface area contributed by atoms with E-state index in [1.165, 1.54) is 16.6 Å². The number of carbonyl (C=O) groups is 1. The van der Waals surface area contributed by atoms with Gasteiger partial charge in [0, 0.05) is 24.4 Å². The summed E-state index contributed by atoms with van der Waals surface area (Å²) < 4.78 is 25.7. The molecule has 1 aliphatic heterocycles. The van der Waals surface area contributed by atoms with Gasteiger partial charge in [-0.1, -0.05) is 0 Å². The van der Waals surface area contributed by atoms with Crippen LogP contribution in [-0.2, 0) is 14.8 Å². The van der Waals surface area contributed by atoms with Crippen LogP contribution in [0.15, 0.2) is 23.4 Å². The number of carbonyl (C=O) groups excluding carboxylic acids is 1. The SMILES string of the molecule is CC1(C)CC(=O)CN1S(=O)(=O)c1cc[nH]c1. The maximum atomic E-state index is 12.2. The Morgan fingerprint density at radius 3 is 2.56 bits per heavy atom. The van der Waals surface area contributed by atoms with Crippen molar-refractivity contribution in [1.29, 1.82) is 0 Å². The summed E-state index contributed by atoms with van der Waals surface area (Å²) in [7, 11) is -3.55. The Morgan fingerprint density at radius 1 is 1.44 bits per heavy atom. The Hall–Kier alpha value is -1.14. The lowest BCUT2D eigenvalue weighted by Gasteiger charge is -2.28. The molecule has 1 aliphatic rings. The van der Waals surface area contributed by atoms with E-state index in [0.29, 0.717) is 0 Å². The maximum absolute atomic E-state index is 12.2. The number of Topliss-reactive ketones (excluding diaryl/α,β-unsaturated/α-hetero) is 1. The van der Waals surface area contributed by atoms with Crippen molar-refractivity contribution < 1.29 is 13.2 Å². The molecule has 16 heavy (non-hydrogen) atoms. The van der Waals surface area contributed by atoms with Crippen LogP contribution in [-0.4, -0.2) is 35.6 Å². The Morgan fingerprint density at radius 2 is 2.12 bits per heavy atom. The van der Waals surface area contributed by atoms with Crippen molar-refractivity contribution in [2.75, 3.05) is 6.54 Å². The van der Waals surface area contributed by atoms with Crippen molar-refractivity contribution in [3.8, 4) is 0 Å². The third-order valence-corrected chi connectivity index (χ3v) is 4.84. The van der Waals surface area contributed by atoms with Gasteiger partial charge in [-0.3, -0.25) is 4.79 Å². The molecule has 1 fully saturated rings. The summed E-state index contributed by atoms with van der Waals surface area (Å²) in [4.78, 5) is 14.3. The van der Waals surface area contributed by atoms with Gasteiger partial charge in [0.05, 0.1) is 11.4 Å². The fraction of sp³-hybridized carbons (Fsp3) is 0.500. The number of rotatable bonds is 2. The average Bonchev–Trinajstić information content (AvgIpc) is 2.72. The summed E-state index contributed by atoms with van der Waals surface area (Å²) in [5.74, 6) is -0.0379. The summed E-state index contributed by atoms with van der Waals surface area (Å²) in [6, 6.07) is 1.49. The normalized spacial score (nSPS) is 21.5. The molecule has 5 nitrogen and oxygen atoms in total. The molecule has 1 aromatic rings. The maximum Gasteiger partial charge on any atom is 0.245 e. The van der Waals surface area contributed by atoms with E-state index in [4.69, 9.17) is 0 Å². The van der Waals surface area contributed by atoms with Crippen molar-refractivity contribution in [1.82, 2.24) is 9.29 Å². The number of H-pyrrole nitrogens is 1. The zero-order valence-electron chi connectivity index (χ0n) is 9.23. The first-order valence-electron chi connectivity index (χ1n) is 5.01. The van der Waals surface area contributed by atoms with Crippen molar-refractivity contribution in [3.63, 3.8) is 0 Å². The molecule has 0 aromatic carbocycles. The van der Waals surface area contributed by atoms with Crippen LogP contribution in [0.25, 0.3) is 0 Å². The topological polar surface area (TPSA) is 70.2 Å². The highest BCUT2D eigenvalue weighted by Gasteiger charge is 2.45. The van der Waals surface area contributed by atoms with Crippen molar-refractivity contribution in [2.45, 2.75) is 30.7 Å². The minimum atomic E-state index is -3.55. The highest BCUT2D eigenvalue weighted by Crippen LogP contribution is 2.31. The molecule has 1 aromatic heterocycles. The van der Waals surface area contributed by atoms with Gasteiger partial charge >= 0.3 is 0 Å². The van der Waals surface area contributed by atoms with Gasteiger partial charge in [0.15, 0.2) is 0 Å². The fourth-order valence-corrected chi connectivity index (χ4v) is 3.75. The predicted octanol–water partition coefficient (Wildman–Crippen LogP) is 0.757. The molecule has 0 atom stereocenters. The molecule has 1 saturated heterocycles. The summed E-state index contributed by atoms with van der Waals surface area (Å²) in [6.07, 6.45) is 3.25. The number of hydrogen-bond acceptors (Lipinski definition) is 3. The molecule has 0 bridgehead atoms. The van der Waals surface area contributed by atoms with Gasteiger partial charge in [0.2, 0.25) is 10.0 Å².